The van der Waals surface area contributed by atoms with Gasteiger partial charge >= 0.3 is 0 Å². The molecular weight excluding hydrogens is 152 g/mol. The van der Waals surface area contributed by atoms with Gasteiger partial charge in [-0.15, -0.1) is 0 Å². The predicted molar refractivity (Wildman–Crippen MR) is 46.5 cm³/mol. The molecule has 0 aromatic rings. The molecule has 0 amide bonds. The van der Waals surface area contributed by atoms with Crippen LogP contribution in [0.4, 0.5) is 0 Å². The van der Waals surface area contributed by atoms with Crippen LogP contribution >= 0.6 is 0 Å². The number of hydrogen-bond acceptors (Lipinski definition) is 3. The van der Waals surface area contributed by atoms with Crippen LogP contribution in [-0.2, 0) is 0 Å². The van der Waals surface area contributed by atoms with Crippen LogP contribution in [0.15, 0.2) is 0 Å². The minimum absolute atomic E-state index is 0.325. The molecule has 3 heteroatoms. The van der Waals surface area contributed by atoms with E-state index in [4.69, 9.17) is 10.4 Å². The third kappa shape index (κ3) is 2.80. The molecule has 0 saturated carbocycles. The number of nitrogens with zero attached hydrogens (tertiary/aromatic N) is 2. The highest BCUT2D eigenvalue weighted by Crippen LogP contribution is 2.15. The summed E-state index contributed by atoms with van der Waals surface area (Å²) in [4.78, 5) is 2.30. The molecule has 1 rings (SSSR count). The Morgan fingerprint density at radius 3 is 2.58 bits per heavy atom. The monoisotopic (exact) mass is 168 g/mol. The van der Waals surface area contributed by atoms with E-state index in [1.165, 1.54) is 0 Å². The Bertz CT molecular complexity index is 156. The standard InChI is InChI=1S/C9H16N2O/c10-4-1-5-11-6-2-9(8-12)3-7-11/h9,12H,1-3,5-8H2. The van der Waals surface area contributed by atoms with Gasteiger partial charge < -0.3 is 10.0 Å². The first-order valence-corrected chi connectivity index (χ1v) is 4.57. The van der Waals surface area contributed by atoms with Crippen molar-refractivity contribution in [2.24, 2.45) is 5.92 Å². The van der Waals surface area contributed by atoms with Gasteiger partial charge in [0.15, 0.2) is 0 Å². The van der Waals surface area contributed by atoms with Crippen LogP contribution in [0.5, 0.6) is 0 Å². The van der Waals surface area contributed by atoms with E-state index in [0.717, 1.165) is 32.5 Å². The zero-order valence-electron chi connectivity index (χ0n) is 7.37. The largest absolute Gasteiger partial charge is 0.396 e. The molecule has 1 aliphatic rings. The molecule has 0 aromatic carbocycles. The molecule has 1 aliphatic heterocycles. The van der Waals surface area contributed by atoms with Crippen LogP contribution < -0.4 is 0 Å². The number of nitriles is 1. The van der Waals surface area contributed by atoms with Crippen LogP contribution in [0.25, 0.3) is 0 Å². The van der Waals surface area contributed by atoms with Gasteiger partial charge in [-0.1, -0.05) is 0 Å². The molecule has 0 aromatic heterocycles. The lowest BCUT2D eigenvalue weighted by Gasteiger charge is -2.30. The second kappa shape index (κ2) is 5.13. The fraction of sp³-hybridized carbons (Fsp3) is 0.889. The van der Waals surface area contributed by atoms with Gasteiger partial charge in [-0.2, -0.15) is 5.26 Å². The number of rotatable bonds is 3. The van der Waals surface area contributed by atoms with Gasteiger partial charge in [0.1, 0.15) is 0 Å². The Morgan fingerprint density at radius 1 is 1.42 bits per heavy atom. The SMILES string of the molecule is N#CCCN1CCC(CO)CC1. The highest BCUT2D eigenvalue weighted by molar-refractivity contribution is 4.76. The topological polar surface area (TPSA) is 47.3 Å². The van der Waals surface area contributed by atoms with E-state index < -0.39 is 0 Å². The van der Waals surface area contributed by atoms with Crippen molar-refractivity contribution in [3.05, 3.63) is 0 Å². The average molecular weight is 168 g/mol. The van der Waals surface area contributed by atoms with Gasteiger partial charge in [0, 0.05) is 19.6 Å². The fourth-order valence-electron chi connectivity index (χ4n) is 1.60. The summed E-state index contributed by atoms with van der Waals surface area (Å²) in [5.41, 5.74) is 0. The van der Waals surface area contributed by atoms with Gasteiger partial charge in [0.2, 0.25) is 0 Å². The van der Waals surface area contributed by atoms with Crippen LogP contribution in [0.3, 0.4) is 0 Å². The molecule has 1 N–H and O–H groups in total. The first-order chi connectivity index (χ1) is 5.86. The molecule has 68 valence electrons. The molecule has 0 atom stereocenters. The van der Waals surface area contributed by atoms with E-state index in [2.05, 4.69) is 11.0 Å². The maximum Gasteiger partial charge on any atom is 0.0635 e. The van der Waals surface area contributed by atoms with Crippen molar-refractivity contribution in [2.75, 3.05) is 26.2 Å². The molecule has 0 spiro atoms. The summed E-state index contributed by atoms with van der Waals surface area (Å²) in [6.45, 7) is 3.32. The molecule has 0 radical (unpaired) electrons. The number of aliphatic hydroxyl groups is 1. The highest BCUT2D eigenvalue weighted by Gasteiger charge is 2.17. The van der Waals surface area contributed by atoms with E-state index >= 15 is 0 Å². The number of aliphatic hydroxyl groups excluding tert-OH is 1. The van der Waals surface area contributed by atoms with Crippen molar-refractivity contribution in [2.45, 2.75) is 19.3 Å². The summed E-state index contributed by atoms with van der Waals surface area (Å²) < 4.78 is 0. The Kier molecular flexibility index (Phi) is 4.06. The maximum atomic E-state index is 8.88. The molecule has 3 nitrogen and oxygen atoms in total. The predicted octanol–water partition coefficient (Wildman–Crippen LogP) is 0.604. The lowest BCUT2D eigenvalue weighted by molar-refractivity contribution is 0.133. The fourth-order valence-corrected chi connectivity index (χ4v) is 1.60. The quantitative estimate of drug-likeness (QED) is 0.671. The van der Waals surface area contributed by atoms with E-state index in [0.29, 0.717) is 18.9 Å². The molecule has 1 saturated heterocycles. The van der Waals surface area contributed by atoms with Gasteiger partial charge in [-0.25, -0.2) is 0 Å². The molecular formula is C9H16N2O. The summed E-state index contributed by atoms with van der Waals surface area (Å²) >= 11 is 0. The maximum absolute atomic E-state index is 8.88. The second-order valence-electron chi connectivity index (χ2n) is 3.38. The average Bonchev–Trinajstić information content (AvgIpc) is 2.15. The van der Waals surface area contributed by atoms with Gasteiger partial charge in [-0.05, 0) is 31.8 Å². The van der Waals surface area contributed by atoms with Crippen LogP contribution in [-0.4, -0.2) is 36.2 Å². The third-order valence-electron chi connectivity index (χ3n) is 2.51. The van der Waals surface area contributed by atoms with Crippen molar-refractivity contribution in [1.82, 2.24) is 4.90 Å². The smallest absolute Gasteiger partial charge is 0.0635 e. The number of hydrogen-bond donors (Lipinski definition) is 1. The summed E-state index contributed by atoms with van der Waals surface area (Å²) in [5, 5.41) is 17.3. The second-order valence-corrected chi connectivity index (χ2v) is 3.38. The third-order valence-corrected chi connectivity index (χ3v) is 2.51. The van der Waals surface area contributed by atoms with Crippen molar-refractivity contribution in [3.63, 3.8) is 0 Å². The van der Waals surface area contributed by atoms with Crippen LogP contribution in [0.1, 0.15) is 19.3 Å². The minimum Gasteiger partial charge on any atom is -0.396 e. The molecule has 1 heterocycles. The zero-order chi connectivity index (χ0) is 8.81. The Hall–Kier alpha value is -0.590. The normalized spacial score (nSPS) is 20.7. The summed E-state index contributed by atoms with van der Waals surface area (Å²) in [6, 6.07) is 2.15. The van der Waals surface area contributed by atoms with E-state index in [-0.39, 0.29) is 0 Å². The molecule has 0 aliphatic carbocycles. The number of piperidine rings is 1. The summed E-state index contributed by atoms with van der Waals surface area (Å²) in [6.07, 6.45) is 2.80. The van der Waals surface area contributed by atoms with Gasteiger partial charge in [0.25, 0.3) is 0 Å². The molecule has 0 unspecified atom stereocenters. The van der Waals surface area contributed by atoms with E-state index in [9.17, 15) is 0 Å². The van der Waals surface area contributed by atoms with Crippen LogP contribution in [0.2, 0.25) is 0 Å². The lowest BCUT2D eigenvalue weighted by Crippen LogP contribution is -2.35. The summed E-state index contributed by atoms with van der Waals surface area (Å²) in [7, 11) is 0. The lowest BCUT2D eigenvalue weighted by atomic mass is 9.98. The Labute approximate surface area is 73.6 Å². The van der Waals surface area contributed by atoms with Crippen molar-refractivity contribution in [1.29, 1.82) is 5.26 Å². The van der Waals surface area contributed by atoms with Crippen molar-refractivity contribution >= 4 is 0 Å². The van der Waals surface area contributed by atoms with Crippen molar-refractivity contribution in [3.8, 4) is 6.07 Å². The first kappa shape index (κ1) is 9.50. The first-order valence-electron chi connectivity index (χ1n) is 4.57. The highest BCUT2D eigenvalue weighted by atomic mass is 16.3. The van der Waals surface area contributed by atoms with Crippen molar-refractivity contribution < 1.29 is 5.11 Å². The van der Waals surface area contributed by atoms with Crippen LogP contribution in [0, 0.1) is 17.2 Å². The van der Waals surface area contributed by atoms with E-state index in [1.54, 1.807) is 0 Å². The molecule has 1 fully saturated rings. The Balaban J connectivity index is 2.14. The zero-order valence-corrected chi connectivity index (χ0v) is 7.37. The number of likely N-dealkylation sites (tertiary alicyclic amines) is 1. The minimum atomic E-state index is 0.325. The van der Waals surface area contributed by atoms with Gasteiger partial charge in [0.05, 0.1) is 6.07 Å². The summed E-state index contributed by atoms with van der Waals surface area (Å²) in [5.74, 6) is 0.503. The molecule has 0 bridgehead atoms. The Morgan fingerprint density at radius 2 is 2.08 bits per heavy atom. The molecule has 12 heavy (non-hydrogen) atoms. The van der Waals surface area contributed by atoms with E-state index in [1.807, 2.05) is 0 Å². The van der Waals surface area contributed by atoms with Gasteiger partial charge in [-0.3, -0.25) is 0 Å².